The topological polar surface area (TPSA) is 69.6 Å². The second kappa shape index (κ2) is 5.53. The van der Waals surface area contributed by atoms with E-state index in [0.29, 0.717) is 31.5 Å². The van der Waals surface area contributed by atoms with Crippen molar-refractivity contribution < 1.29 is 14.7 Å². The highest BCUT2D eigenvalue weighted by Gasteiger charge is 2.38. The molecule has 2 N–H and O–H groups in total. The molecule has 5 heteroatoms. The van der Waals surface area contributed by atoms with Crippen LogP contribution in [0.2, 0.25) is 0 Å². The van der Waals surface area contributed by atoms with E-state index in [1.807, 2.05) is 18.2 Å². The Morgan fingerprint density at radius 1 is 1.25 bits per heavy atom. The summed E-state index contributed by atoms with van der Waals surface area (Å²) in [7, 11) is 1.78. The molecule has 1 aromatic rings. The Labute approximate surface area is 118 Å². The van der Waals surface area contributed by atoms with Gasteiger partial charge < -0.3 is 15.3 Å². The number of anilines is 1. The maximum Gasteiger partial charge on any atom is 0.309 e. The van der Waals surface area contributed by atoms with Crippen LogP contribution in [0.1, 0.15) is 30.1 Å². The molecule has 0 saturated carbocycles. The Hall–Kier alpha value is -2.04. The van der Waals surface area contributed by atoms with Crippen molar-refractivity contribution in [2.75, 3.05) is 25.5 Å². The lowest BCUT2D eigenvalue weighted by Gasteiger charge is -2.36. The van der Waals surface area contributed by atoms with Crippen LogP contribution < -0.4 is 5.32 Å². The number of nitrogens with one attached hydrogen (secondary N) is 1. The van der Waals surface area contributed by atoms with E-state index in [1.165, 1.54) is 0 Å². The van der Waals surface area contributed by atoms with Crippen molar-refractivity contribution in [1.82, 2.24) is 4.90 Å². The van der Waals surface area contributed by atoms with Gasteiger partial charge in [0.15, 0.2) is 0 Å². The average Bonchev–Trinajstić information content (AvgIpc) is 2.47. The molecule has 1 saturated heterocycles. The Bertz CT molecular complexity index is 520. The Kier molecular flexibility index (Phi) is 3.97. The standard InChI is InChI=1S/C15H20N2O3/c1-15(14(19)20)7-9-17(10-8-15)13(18)11-5-3-4-6-12(11)16-2/h3-6,16H,7-10H2,1-2H3,(H,19,20). The zero-order valence-electron chi connectivity index (χ0n) is 11.8. The minimum atomic E-state index is -0.778. The number of carbonyl (C=O) groups is 2. The number of benzene rings is 1. The van der Waals surface area contributed by atoms with Crippen molar-refractivity contribution in [2.24, 2.45) is 5.41 Å². The van der Waals surface area contributed by atoms with E-state index >= 15 is 0 Å². The minimum Gasteiger partial charge on any atom is -0.481 e. The second-order valence-corrected chi connectivity index (χ2v) is 5.45. The third-order valence-electron chi connectivity index (χ3n) is 4.10. The molecule has 0 radical (unpaired) electrons. The van der Waals surface area contributed by atoms with Gasteiger partial charge in [-0.3, -0.25) is 9.59 Å². The van der Waals surface area contributed by atoms with Gasteiger partial charge in [-0.2, -0.15) is 0 Å². The Morgan fingerprint density at radius 2 is 1.85 bits per heavy atom. The monoisotopic (exact) mass is 276 g/mol. The van der Waals surface area contributed by atoms with Crippen molar-refractivity contribution in [1.29, 1.82) is 0 Å². The first-order valence-electron chi connectivity index (χ1n) is 6.77. The summed E-state index contributed by atoms with van der Waals surface area (Å²) in [5, 5.41) is 12.2. The van der Waals surface area contributed by atoms with Crippen molar-refractivity contribution in [3.63, 3.8) is 0 Å². The summed E-state index contributed by atoms with van der Waals surface area (Å²) in [5.74, 6) is -0.817. The van der Waals surface area contributed by atoms with Crippen molar-refractivity contribution in [3.05, 3.63) is 29.8 Å². The fourth-order valence-corrected chi connectivity index (χ4v) is 2.48. The molecule has 20 heavy (non-hydrogen) atoms. The maximum absolute atomic E-state index is 12.5. The summed E-state index contributed by atoms with van der Waals surface area (Å²) in [6, 6.07) is 7.36. The molecule has 1 fully saturated rings. The van der Waals surface area contributed by atoms with E-state index in [4.69, 9.17) is 0 Å². The predicted octanol–water partition coefficient (Wildman–Crippen LogP) is 2.06. The lowest BCUT2D eigenvalue weighted by molar-refractivity contribution is -0.150. The van der Waals surface area contributed by atoms with E-state index in [9.17, 15) is 14.7 Å². The minimum absolute atomic E-state index is 0.0395. The zero-order valence-corrected chi connectivity index (χ0v) is 11.8. The van der Waals surface area contributed by atoms with Crippen molar-refractivity contribution >= 4 is 17.6 Å². The van der Waals surface area contributed by atoms with Crippen LogP contribution in [0, 0.1) is 5.41 Å². The fourth-order valence-electron chi connectivity index (χ4n) is 2.48. The number of carbonyl (C=O) groups excluding carboxylic acids is 1. The number of piperidine rings is 1. The van der Waals surface area contributed by atoms with Crippen molar-refractivity contribution in [3.8, 4) is 0 Å². The van der Waals surface area contributed by atoms with E-state index < -0.39 is 11.4 Å². The van der Waals surface area contributed by atoms with Crippen LogP contribution in [-0.2, 0) is 4.79 Å². The molecule has 1 aliphatic rings. The van der Waals surface area contributed by atoms with Crippen LogP contribution in [0.3, 0.4) is 0 Å². The van der Waals surface area contributed by atoms with Gasteiger partial charge >= 0.3 is 5.97 Å². The van der Waals surface area contributed by atoms with Gasteiger partial charge in [0.1, 0.15) is 0 Å². The number of carboxylic acids is 1. The van der Waals surface area contributed by atoms with Gasteiger partial charge in [0.2, 0.25) is 0 Å². The lowest BCUT2D eigenvalue weighted by atomic mass is 9.80. The van der Waals surface area contributed by atoms with Gasteiger partial charge in [-0.25, -0.2) is 0 Å². The summed E-state index contributed by atoms with van der Waals surface area (Å²) in [4.78, 5) is 25.4. The molecule has 1 amide bonds. The Balaban J connectivity index is 2.11. The van der Waals surface area contributed by atoms with Gasteiger partial charge in [-0.15, -0.1) is 0 Å². The van der Waals surface area contributed by atoms with Gasteiger partial charge in [0.25, 0.3) is 5.91 Å². The van der Waals surface area contributed by atoms with Crippen LogP contribution in [0.15, 0.2) is 24.3 Å². The molecular weight excluding hydrogens is 256 g/mol. The van der Waals surface area contributed by atoms with Gasteiger partial charge in [0.05, 0.1) is 11.0 Å². The molecule has 1 heterocycles. The molecule has 0 atom stereocenters. The van der Waals surface area contributed by atoms with E-state index in [-0.39, 0.29) is 5.91 Å². The molecule has 0 aliphatic carbocycles. The first-order valence-corrected chi connectivity index (χ1v) is 6.77. The largest absolute Gasteiger partial charge is 0.481 e. The first kappa shape index (κ1) is 14.4. The number of carboxylic acid groups (broad SMARTS) is 1. The van der Waals surface area contributed by atoms with Gasteiger partial charge in [-0.05, 0) is 31.9 Å². The van der Waals surface area contributed by atoms with E-state index in [0.717, 1.165) is 5.69 Å². The van der Waals surface area contributed by atoms with E-state index in [2.05, 4.69) is 5.32 Å². The highest BCUT2D eigenvalue weighted by atomic mass is 16.4. The molecule has 108 valence electrons. The Morgan fingerprint density at radius 3 is 2.40 bits per heavy atom. The highest BCUT2D eigenvalue weighted by molar-refractivity contribution is 5.99. The number of nitrogens with zero attached hydrogens (tertiary/aromatic N) is 1. The number of aliphatic carboxylic acids is 1. The molecule has 1 aromatic carbocycles. The molecule has 0 bridgehead atoms. The lowest BCUT2D eigenvalue weighted by Crippen LogP contribution is -2.45. The molecule has 5 nitrogen and oxygen atoms in total. The number of rotatable bonds is 3. The fraction of sp³-hybridized carbons (Fsp3) is 0.467. The summed E-state index contributed by atoms with van der Waals surface area (Å²) in [5.41, 5.74) is 0.720. The van der Waals surface area contributed by atoms with Crippen LogP contribution in [0.4, 0.5) is 5.69 Å². The summed E-state index contributed by atoms with van der Waals surface area (Å²) in [6.07, 6.45) is 0.992. The smallest absolute Gasteiger partial charge is 0.309 e. The summed E-state index contributed by atoms with van der Waals surface area (Å²) in [6.45, 7) is 2.72. The molecule has 0 spiro atoms. The maximum atomic E-state index is 12.5. The summed E-state index contributed by atoms with van der Waals surface area (Å²) < 4.78 is 0. The normalized spacial score (nSPS) is 17.6. The number of likely N-dealkylation sites (tertiary alicyclic amines) is 1. The molecule has 0 aromatic heterocycles. The highest BCUT2D eigenvalue weighted by Crippen LogP contribution is 2.32. The van der Waals surface area contributed by atoms with Gasteiger partial charge in [-0.1, -0.05) is 12.1 Å². The number of hydrogen-bond donors (Lipinski definition) is 2. The van der Waals surface area contributed by atoms with Crippen LogP contribution >= 0.6 is 0 Å². The quantitative estimate of drug-likeness (QED) is 0.886. The third-order valence-corrected chi connectivity index (χ3v) is 4.10. The predicted molar refractivity (Wildman–Crippen MR) is 76.9 cm³/mol. The van der Waals surface area contributed by atoms with Crippen molar-refractivity contribution in [2.45, 2.75) is 19.8 Å². The molecular formula is C15H20N2O3. The summed E-state index contributed by atoms with van der Waals surface area (Å²) >= 11 is 0. The first-order chi connectivity index (χ1) is 9.48. The van der Waals surface area contributed by atoms with E-state index in [1.54, 1.807) is 24.9 Å². The van der Waals surface area contributed by atoms with Crippen LogP contribution in [-0.4, -0.2) is 42.0 Å². The molecule has 1 aliphatic heterocycles. The molecule has 0 unspecified atom stereocenters. The van der Waals surface area contributed by atoms with Crippen LogP contribution in [0.5, 0.6) is 0 Å². The zero-order chi connectivity index (χ0) is 14.8. The average molecular weight is 276 g/mol. The number of amides is 1. The number of para-hydroxylation sites is 1. The third kappa shape index (κ3) is 2.61. The second-order valence-electron chi connectivity index (χ2n) is 5.45. The molecule has 2 rings (SSSR count). The van der Waals surface area contributed by atoms with Gasteiger partial charge in [0, 0.05) is 25.8 Å². The SMILES string of the molecule is CNc1ccccc1C(=O)N1CCC(C)(C(=O)O)CC1. The van der Waals surface area contributed by atoms with Crippen LogP contribution in [0.25, 0.3) is 0 Å². The number of hydrogen-bond acceptors (Lipinski definition) is 3.